The van der Waals surface area contributed by atoms with Crippen LogP contribution in [0.2, 0.25) is 0 Å². The zero-order valence-electron chi connectivity index (χ0n) is 10.7. The van der Waals surface area contributed by atoms with Crippen molar-refractivity contribution in [3.63, 3.8) is 0 Å². The molecule has 2 N–H and O–H groups in total. The highest BCUT2D eigenvalue weighted by Crippen LogP contribution is 2.19. The second-order valence-corrected chi connectivity index (χ2v) is 5.39. The van der Waals surface area contributed by atoms with Crippen LogP contribution in [-0.4, -0.2) is 9.78 Å². The fourth-order valence-corrected chi connectivity index (χ4v) is 2.53. The summed E-state index contributed by atoms with van der Waals surface area (Å²) in [6.45, 7) is 2.10. The molecule has 1 heterocycles. The van der Waals surface area contributed by atoms with Gasteiger partial charge in [0.05, 0.1) is 17.4 Å². The molecule has 0 amide bonds. The normalized spacial score (nSPS) is 12.7. The Morgan fingerprint density at radius 2 is 2.17 bits per heavy atom. The van der Waals surface area contributed by atoms with E-state index in [0.717, 1.165) is 28.7 Å². The van der Waals surface area contributed by atoms with Gasteiger partial charge in [-0.3, -0.25) is 4.68 Å². The highest BCUT2D eigenvalue weighted by molar-refractivity contribution is 9.10. The average Bonchev–Trinajstić information content (AvgIpc) is 2.70. The average molecular weight is 308 g/mol. The van der Waals surface area contributed by atoms with E-state index in [9.17, 15) is 0 Å². The van der Waals surface area contributed by atoms with Gasteiger partial charge in [-0.15, -0.1) is 0 Å². The highest BCUT2D eigenvalue weighted by atomic mass is 79.9. The molecule has 0 aliphatic rings. The summed E-state index contributed by atoms with van der Waals surface area (Å²) in [6.07, 6.45) is 1.76. The molecule has 0 saturated carbocycles. The molecule has 0 spiro atoms. The van der Waals surface area contributed by atoms with E-state index in [2.05, 4.69) is 46.2 Å². The molecule has 1 atom stereocenters. The van der Waals surface area contributed by atoms with Gasteiger partial charge >= 0.3 is 0 Å². The second-order valence-electron chi connectivity index (χ2n) is 4.48. The molecule has 4 heteroatoms. The smallest absolute Gasteiger partial charge is 0.0625 e. The third-order valence-electron chi connectivity index (χ3n) is 3.05. The van der Waals surface area contributed by atoms with Crippen LogP contribution in [0, 0.1) is 0 Å². The first kappa shape index (κ1) is 13.3. The minimum absolute atomic E-state index is 0.0166. The number of halogens is 1. The van der Waals surface area contributed by atoms with Crippen molar-refractivity contribution in [2.75, 3.05) is 0 Å². The standard InChI is InChI=1S/C14H18BrN3/c1-3-12-9-14(18(2)17-12)13(16)8-10-5-4-6-11(15)7-10/h4-7,9,13H,3,8,16H2,1-2H3. The van der Waals surface area contributed by atoms with Gasteiger partial charge in [0, 0.05) is 11.5 Å². The Morgan fingerprint density at radius 3 is 2.78 bits per heavy atom. The fraction of sp³-hybridized carbons (Fsp3) is 0.357. The fourth-order valence-electron chi connectivity index (χ4n) is 2.09. The summed E-state index contributed by atoms with van der Waals surface area (Å²) in [5, 5.41) is 4.44. The molecule has 2 aromatic rings. The lowest BCUT2D eigenvalue weighted by Crippen LogP contribution is -2.17. The Bertz CT molecular complexity index is 534. The quantitative estimate of drug-likeness (QED) is 0.943. The number of rotatable bonds is 4. The van der Waals surface area contributed by atoms with Crippen LogP contribution in [-0.2, 0) is 19.9 Å². The topological polar surface area (TPSA) is 43.8 Å². The van der Waals surface area contributed by atoms with Crippen LogP contribution in [0.15, 0.2) is 34.8 Å². The van der Waals surface area contributed by atoms with Crippen molar-refractivity contribution in [3.8, 4) is 0 Å². The van der Waals surface area contributed by atoms with E-state index >= 15 is 0 Å². The number of aromatic nitrogens is 2. The van der Waals surface area contributed by atoms with Gasteiger partial charge in [0.25, 0.3) is 0 Å². The molecule has 96 valence electrons. The lowest BCUT2D eigenvalue weighted by Gasteiger charge is -2.12. The number of benzene rings is 1. The maximum Gasteiger partial charge on any atom is 0.0625 e. The Kier molecular flexibility index (Phi) is 4.19. The molecular formula is C14H18BrN3. The van der Waals surface area contributed by atoms with Gasteiger partial charge < -0.3 is 5.73 Å². The van der Waals surface area contributed by atoms with Crippen LogP contribution in [0.25, 0.3) is 0 Å². The molecule has 18 heavy (non-hydrogen) atoms. The lowest BCUT2D eigenvalue weighted by atomic mass is 10.0. The third-order valence-corrected chi connectivity index (χ3v) is 3.55. The predicted molar refractivity (Wildman–Crippen MR) is 77.4 cm³/mol. The van der Waals surface area contributed by atoms with Gasteiger partial charge in [-0.25, -0.2) is 0 Å². The van der Waals surface area contributed by atoms with Gasteiger partial charge in [0.2, 0.25) is 0 Å². The molecule has 3 nitrogen and oxygen atoms in total. The van der Waals surface area contributed by atoms with E-state index in [1.807, 2.05) is 23.9 Å². The van der Waals surface area contributed by atoms with Crippen LogP contribution < -0.4 is 5.73 Å². The Hall–Kier alpha value is -1.13. The van der Waals surface area contributed by atoms with Crippen LogP contribution >= 0.6 is 15.9 Å². The number of aryl methyl sites for hydroxylation is 2. The summed E-state index contributed by atoms with van der Waals surface area (Å²) >= 11 is 3.48. The molecule has 0 aliphatic heterocycles. The molecular weight excluding hydrogens is 290 g/mol. The first-order valence-electron chi connectivity index (χ1n) is 6.13. The Labute approximate surface area is 116 Å². The van der Waals surface area contributed by atoms with Gasteiger partial charge in [-0.05, 0) is 36.6 Å². The van der Waals surface area contributed by atoms with E-state index in [-0.39, 0.29) is 6.04 Å². The second kappa shape index (κ2) is 5.67. The van der Waals surface area contributed by atoms with Crippen molar-refractivity contribution in [2.24, 2.45) is 12.8 Å². The van der Waals surface area contributed by atoms with E-state index in [1.54, 1.807) is 0 Å². The van der Waals surface area contributed by atoms with Crippen molar-refractivity contribution in [1.82, 2.24) is 9.78 Å². The van der Waals surface area contributed by atoms with E-state index in [4.69, 9.17) is 5.73 Å². The molecule has 0 saturated heterocycles. The number of hydrogen-bond donors (Lipinski definition) is 1. The first-order valence-corrected chi connectivity index (χ1v) is 6.92. The first-order chi connectivity index (χ1) is 8.60. The molecule has 0 fully saturated rings. The summed E-state index contributed by atoms with van der Waals surface area (Å²) in [5.74, 6) is 0. The number of nitrogens with zero attached hydrogens (tertiary/aromatic N) is 2. The van der Waals surface area contributed by atoms with Crippen molar-refractivity contribution in [3.05, 3.63) is 51.8 Å². The Morgan fingerprint density at radius 1 is 1.39 bits per heavy atom. The Balaban J connectivity index is 2.16. The van der Waals surface area contributed by atoms with E-state index in [1.165, 1.54) is 5.56 Å². The minimum Gasteiger partial charge on any atom is -0.322 e. The minimum atomic E-state index is -0.0166. The van der Waals surface area contributed by atoms with Gasteiger partial charge in [-0.1, -0.05) is 35.0 Å². The van der Waals surface area contributed by atoms with Crippen LogP contribution in [0.5, 0.6) is 0 Å². The lowest BCUT2D eigenvalue weighted by molar-refractivity contribution is 0.614. The zero-order chi connectivity index (χ0) is 13.1. The molecule has 1 unspecified atom stereocenters. The maximum atomic E-state index is 6.27. The summed E-state index contributed by atoms with van der Waals surface area (Å²) in [6, 6.07) is 10.3. The zero-order valence-corrected chi connectivity index (χ0v) is 12.3. The summed E-state index contributed by atoms with van der Waals surface area (Å²) in [4.78, 5) is 0. The maximum absolute atomic E-state index is 6.27. The molecule has 1 aromatic carbocycles. The monoisotopic (exact) mass is 307 g/mol. The highest BCUT2D eigenvalue weighted by Gasteiger charge is 2.13. The number of hydrogen-bond acceptors (Lipinski definition) is 2. The largest absolute Gasteiger partial charge is 0.322 e. The van der Waals surface area contributed by atoms with Gasteiger partial charge in [0.1, 0.15) is 0 Å². The number of nitrogens with two attached hydrogens (primary N) is 1. The summed E-state index contributed by atoms with van der Waals surface area (Å²) in [7, 11) is 1.95. The molecule has 1 aromatic heterocycles. The summed E-state index contributed by atoms with van der Waals surface area (Å²) in [5.41, 5.74) is 9.69. The third kappa shape index (κ3) is 3.00. The molecule has 0 radical (unpaired) electrons. The molecule has 2 rings (SSSR count). The molecule has 0 aliphatic carbocycles. The van der Waals surface area contributed by atoms with Gasteiger partial charge in [-0.2, -0.15) is 5.10 Å². The van der Waals surface area contributed by atoms with E-state index < -0.39 is 0 Å². The van der Waals surface area contributed by atoms with Gasteiger partial charge in [0.15, 0.2) is 0 Å². The molecule has 0 bridgehead atoms. The van der Waals surface area contributed by atoms with Crippen LogP contribution in [0.1, 0.15) is 29.9 Å². The van der Waals surface area contributed by atoms with Crippen LogP contribution in [0.4, 0.5) is 0 Å². The van der Waals surface area contributed by atoms with Crippen molar-refractivity contribution in [1.29, 1.82) is 0 Å². The van der Waals surface area contributed by atoms with Crippen molar-refractivity contribution >= 4 is 15.9 Å². The summed E-state index contributed by atoms with van der Waals surface area (Å²) < 4.78 is 2.98. The van der Waals surface area contributed by atoms with Crippen molar-refractivity contribution < 1.29 is 0 Å². The SMILES string of the molecule is CCc1cc(C(N)Cc2cccc(Br)c2)n(C)n1. The van der Waals surface area contributed by atoms with E-state index in [0.29, 0.717) is 0 Å². The van der Waals surface area contributed by atoms with Crippen molar-refractivity contribution in [2.45, 2.75) is 25.8 Å². The predicted octanol–water partition coefficient (Wildman–Crippen LogP) is 2.99. The van der Waals surface area contributed by atoms with Crippen LogP contribution in [0.3, 0.4) is 0 Å².